The van der Waals surface area contributed by atoms with Gasteiger partial charge in [0.25, 0.3) is 0 Å². The zero-order valence-corrected chi connectivity index (χ0v) is 48.0. The number of nitrogens with zero attached hydrogens (tertiary/aromatic N) is 2. The van der Waals surface area contributed by atoms with Crippen LogP contribution in [0, 0.1) is 11.8 Å². The van der Waals surface area contributed by atoms with Crippen LogP contribution in [0.2, 0.25) is 0 Å². The van der Waals surface area contributed by atoms with Crippen molar-refractivity contribution in [2.75, 3.05) is 58.0 Å². The molecule has 1 aliphatic rings. The monoisotopic (exact) mass is 1090 g/mol. The predicted molar refractivity (Wildman–Crippen MR) is 297 cm³/mol. The summed E-state index contributed by atoms with van der Waals surface area (Å²) < 4.78 is 39.8. The standard InChI is InChI=1S/C60H101N3O14/c1-5-9-13-17-21-25-30-54(64)72-44-49(45-73-55(65)31-26-22-18-14-10-6-2)40-58(68)76-48-52-42-53(43-63(52)60(70)71-39-29-36-62-51-34-37-61-38-35-51)77-59(69)41-50(46-74-56(66)32-27-23-19-15-11-7-3)47-75-57(67)33-28-24-20-16-12-8-4/h34-35,37-38,49-50,52-53H,5-33,36,39-48H2,1-4H3,(H,61,62)/t52-,53+/m0/s1. The molecule has 1 saturated heterocycles. The van der Waals surface area contributed by atoms with Crippen LogP contribution in [0.25, 0.3) is 0 Å². The lowest BCUT2D eigenvalue weighted by Crippen LogP contribution is -2.40. The maximum atomic E-state index is 13.7. The van der Waals surface area contributed by atoms with E-state index in [1.807, 2.05) is 12.1 Å². The van der Waals surface area contributed by atoms with Crippen molar-refractivity contribution in [2.24, 2.45) is 11.8 Å². The van der Waals surface area contributed by atoms with E-state index in [4.69, 9.17) is 33.2 Å². The highest BCUT2D eigenvalue weighted by molar-refractivity contribution is 5.73. The zero-order chi connectivity index (χ0) is 56.0. The first-order valence-corrected chi connectivity index (χ1v) is 30.0. The summed E-state index contributed by atoms with van der Waals surface area (Å²) in [5.41, 5.74) is 0.872. The lowest BCUT2D eigenvalue weighted by atomic mass is 10.1. The van der Waals surface area contributed by atoms with Crippen molar-refractivity contribution in [1.29, 1.82) is 0 Å². The molecule has 0 unspecified atom stereocenters. The molecule has 440 valence electrons. The third-order valence-corrected chi connectivity index (χ3v) is 13.7. The summed E-state index contributed by atoms with van der Waals surface area (Å²) in [7, 11) is 0. The lowest BCUT2D eigenvalue weighted by Gasteiger charge is -2.24. The Morgan fingerprint density at radius 1 is 0.494 bits per heavy atom. The molecule has 17 heteroatoms. The molecule has 0 saturated carbocycles. The van der Waals surface area contributed by atoms with Crippen molar-refractivity contribution in [1.82, 2.24) is 9.88 Å². The van der Waals surface area contributed by atoms with Gasteiger partial charge in [0, 0.05) is 68.6 Å². The molecule has 0 aromatic carbocycles. The van der Waals surface area contributed by atoms with Crippen LogP contribution in [0.4, 0.5) is 10.5 Å². The fraction of sp³-hybridized carbons (Fsp3) is 0.800. The molecular weight excluding hydrogens is 987 g/mol. The number of hydrogen-bond donors (Lipinski definition) is 1. The molecule has 0 bridgehead atoms. The maximum Gasteiger partial charge on any atom is 0.410 e. The molecule has 1 aromatic heterocycles. The number of aromatic nitrogens is 1. The quantitative estimate of drug-likeness (QED) is 0.0365. The molecule has 2 heterocycles. The molecule has 0 aliphatic carbocycles. The second-order valence-electron chi connectivity index (χ2n) is 20.9. The summed E-state index contributed by atoms with van der Waals surface area (Å²) in [4.78, 5) is 97.3. The summed E-state index contributed by atoms with van der Waals surface area (Å²) >= 11 is 0. The Hall–Kier alpha value is -4.96. The number of carbonyl (C=O) groups excluding carboxylic acids is 7. The molecule has 1 amide bonds. The average Bonchev–Trinajstić information content (AvgIpc) is 3.83. The van der Waals surface area contributed by atoms with E-state index < -0.39 is 42.0 Å². The summed E-state index contributed by atoms with van der Waals surface area (Å²) in [6.45, 7) is 8.37. The fourth-order valence-electron chi connectivity index (χ4n) is 8.97. The first-order chi connectivity index (χ1) is 37.5. The van der Waals surface area contributed by atoms with Gasteiger partial charge in [0.15, 0.2) is 0 Å². The van der Waals surface area contributed by atoms with Crippen LogP contribution in [-0.4, -0.2) is 117 Å². The number of likely N-dealkylation sites (tertiary alicyclic amines) is 1. The predicted octanol–water partition coefficient (Wildman–Crippen LogP) is 12.7. The minimum Gasteiger partial charge on any atom is -0.465 e. The minimum absolute atomic E-state index is 0.0427. The molecule has 1 aliphatic heterocycles. The SMILES string of the molecule is CCCCCCCCC(=O)OCC(COC(=O)CCCCCCCC)CC(=O)OC[C@@H]1C[C@@H](OC(=O)CC(COC(=O)CCCCCCCC)COC(=O)CCCCCCCC)CN1C(=O)OCCCNc1ccncc1. The van der Waals surface area contributed by atoms with Gasteiger partial charge in [-0.2, -0.15) is 0 Å². The zero-order valence-electron chi connectivity index (χ0n) is 48.0. The number of carbonyl (C=O) groups is 7. The van der Waals surface area contributed by atoms with Gasteiger partial charge < -0.3 is 38.5 Å². The molecule has 1 aromatic rings. The molecule has 17 nitrogen and oxygen atoms in total. The van der Waals surface area contributed by atoms with Crippen LogP contribution < -0.4 is 5.32 Å². The van der Waals surface area contributed by atoms with Crippen molar-refractivity contribution >= 4 is 47.6 Å². The molecule has 1 fully saturated rings. The first kappa shape index (κ1) is 68.1. The molecular formula is C60H101N3O14. The normalized spacial score (nSPS) is 14.1. The number of rotatable bonds is 48. The third kappa shape index (κ3) is 36.7. The van der Waals surface area contributed by atoms with Gasteiger partial charge in [-0.25, -0.2) is 4.79 Å². The number of anilines is 1. The van der Waals surface area contributed by atoms with Crippen LogP contribution in [-0.2, 0) is 61.9 Å². The van der Waals surface area contributed by atoms with Gasteiger partial charge in [0.05, 0.1) is 58.5 Å². The van der Waals surface area contributed by atoms with Crippen molar-refractivity contribution in [3.63, 3.8) is 0 Å². The second kappa shape index (κ2) is 46.0. The first-order valence-electron chi connectivity index (χ1n) is 30.0. The van der Waals surface area contributed by atoms with Crippen LogP contribution in [0.3, 0.4) is 0 Å². The number of nitrogens with one attached hydrogen (secondary N) is 1. The Morgan fingerprint density at radius 3 is 1.30 bits per heavy atom. The highest BCUT2D eigenvalue weighted by Crippen LogP contribution is 2.24. The Balaban J connectivity index is 2.13. The molecule has 77 heavy (non-hydrogen) atoms. The summed E-state index contributed by atoms with van der Waals surface area (Å²) in [6.07, 6.45) is 27.4. The van der Waals surface area contributed by atoms with Crippen molar-refractivity contribution in [2.45, 2.75) is 245 Å². The van der Waals surface area contributed by atoms with Crippen LogP contribution in [0.15, 0.2) is 24.5 Å². The van der Waals surface area contributed by atoms with E-state index in [1.165, 1.54) is 4.90 Å². The van der Waals surface area contributed by atoms with E-state index >= 15 is 0 Å². The molecule has 2 rings (SSSR count). The fourth-order valence-corrected chi connectivity index (χ4v) is 8.97. The highest BCUT2D eigenvalue weighted by atomic mass is 16.6. The van der Waals surface area contributed by atoms with Crippen molar-refractivity contribution in [3.8, 4) is 0 Å². The van der Waals surface area contributed by atoms with Gasteiger partial charge in [-0.1, -0.05) is 156 Å². The van der Waals surface area contributed by atoms with E-state index in [9.17, 15) is 33.6 Å². The molecule has 0 radical (unpaired) electrons. The van der Waals surface area contributed by atoms with Gasteiger partial charge in [-0.15, -0.1) is 0 Å². The van der Waals surface area contributed by atoms with Gasteiger partial charge >= 0.3 is 41.9 Å². The van der Waals surface area contributed by atoms with Crippen LogP contribution in [0.1, 0.15) is 233 Å². The average molecular weight is 1090 g/mol. The summed E-state index contributed by atoms with van der Waals surface area (Å²) in [5.74, 6) is -4.14. The lowest BCUT2D eigenvalue weighted by molar-refractivity contribution is -0.157. The molecule has 1 N–H and O–H groups in total. The van der Waals surface area contributed by atoms with Crippen molar-refractivity contribution < 1.29 is 66.7 Å². The van der Waals surface area contributed by atoms with Crippen molar-refractivity contribution in [3.05, 3.63) is 24.5 Å². The molecule has 2 atom stereocenters. The third-order valence-electron chi connectivity index (χ3n) is 13.7. The molecule has 0 spiro atoms. The van der Waals surface area contributed by atoms with E-state index in [-0.39, 0.29) is 115 Å². The van der Waals surface area contributed by atoms with E-state index in [1.54, 1.807) is 12.4 Å². The number of ether oxygens (including phenoxy) is 7. The second-order valence-corrected chi connectivity index (χ2v) is 20.9. The number of hydrogen-bond acceptors (Lipinski definition) is 16. The van der Waals surface area contributed by atoms with Crippen LogP contribution in [0.5, 0.6) is 0 Å². The Morgan fingerprint density at radius 2 is 0.883 bits per heavy atom. The van der Waals surface area contributed by atoms with E-state index in [0.29, 0.717) is 38.6 Å². The van der Waals surface area contributed by atoms with Gasteiger partial charge in [-0.3, -0.25) is 38.7 Å². The number of pyridine rings is 1. The Labute approximate surface area is 462 Å². The number of esters is 6. The Bertz CT molecular complexity index is 1670. The highest BCUT2D eigenvalue weighted by Gasteiger charge is 2.39. The maximum absolute atomic E-state index is 13.7. The van der Waals surface area contributed by atoms with Gasteiger partial charge in [0.1, 0.15) is 12.7 Å². The summed E-state index contributed by atoms with van der Waals surface area (Å²) in [6, 6.07) is 2.93. The van der Waals surface area contributed by atoms with Gasteiger partial charge in [-0.05, 0) is 44.2 Å². The van der Waals surface area contributed by atoms with E-state index in [0.717, 1.165) is 134 Å². The summed E-state index contributed by atoms with van der Waals surface area (Å²) in [5, 5.41) is 3.25. The smallest absolute Gasteiger partial charge is 0.410 e. The number of unbranched alkanes of at least 4 members (excludes halogenated alkanes) is 20. The van der Waals surface area contributed by atoms with Gasteiger partial charge in [0.2, 0.25) is 0 Å². The minimum atomic E-state index is -0.803. The topological polar surface area (TPSA) is 212 Å². The largest absolute Gasteiger partial charge is 0.465 e. The van der Waals surface area contributed by atoms with E-state index in [2.05, 4.69) is 38.0 Å². The Kier molecular flexibility index (Phi) is 40.7. The van der Waals surface area contributed by atoms with Crippen LogP contribution >= 0.6 is 0 Å². The number of amides is 1.